The van der Waals surface area contributed by atoms with Gasteiger partial charge in [-0.3, -0.25) is 4.79 Å². The van der Waals surface area contributed by atoms with Gasteiger partial charge >= 0.3 is 0 Å². The molecule has 0 saturated heterocycles. The van der Waals surface area contributed by atoms with Gasteiger partial charge in [-0.1, -0.05) is 23.4 Å². The first-order valence-electron chi connectivity index (χ1n) is 6.58. The van der Waals surface area contributed by atoms with E-state index in [4.69, 9.17) is 15.7 Å². The number of carbonyl (C=O) groups is 1. The summed E-state index contributed by atoms with van der Waals surface area (Å²) >= 11 is 0. The molecule has 0 aliphatic rings. The molecule has 0 bridgehead atoms. The zero-order valence-electron chi connectivity index (χ0n) is 12.0. The molecule has 21 heavy (non-hydrogen) atoms. The van der Waals surface area contributed by atoms with Crippen LogP contribution in [0.4, 0.5) is 0 Å². The van der Waals surface area contributed by atoms with Gasteiger partial charge in [0.25, 0.3) is 0 Å². The van der Waals surface area contributed by atoms with Gasteiger partial charge in [0.15, 0.2) is 0 Å². The van der Waals surface area contributed by atoms with Crippen LogP contribution in [0.1, 0.15) is 12.0 Å². The molecule has 4 N–H and O–H groups in total. The maximum Gasteiger partial charge on any atom is 0.227 e. The Bertz CT molecular complexity index is 491. The van der Waals surface area contributed by atoms with Gasteiger partial charge in [-0.15, -0.1) is 0 Å². The standard InChI is InChI=1S/C14H21N3O4/c1-21-9-8-17(7-6-13(15)16-20)14(19)10-11-4-2-3-5-12(11)18/h2-5,18,20H,6-10H2,1H3,(H2,15,16). The van der Waals surface area contributed by atoms with E-state index in [-0.39, 0.29) is 30.3 Å². The number of rotatable bonds is 8. The van der Waals surface area contributed by atoms with Gasteiger partial charge in [-0.25, -0.2) is 0 Å². The van der Waals surface area contributed by atoms with Gasteiger partial charge in [-0.05, 0) is 6.07 Å². The van der Waals surface area contributed by atoms with Crippen LogP contribution in [-0.2, 0) is 16.0 Å². The quantitative estimate of drug-likeness (QED) is 0.281. The molecule has 0 heterocycles. The number of phenolic OH excluding ortho intramolecular Hbond substituents is 1. The third kappa shape index (κ3) is 5.70. The van der Waals surface area contributed by atoms with Crippen LogP contribution < -0.4 is 5.73 Å². The van der Waals surface area contributed by atoms with E-state index < -0.39 is 0 Å². The lowest BCUT2D eigenvalue weighted by atomic mass is 10.1. The van der Waals surface area contributed by atoms with Crippen molar-refractivity contribution in [1.82, 2.24) is 4.90 Å². The summed E-state index contributed by atoms with van der Waals surface area (Å²) < 4.78 is 4.98. The third-order valence-corrected chi connectivity index (χ3v) is 3.02. The van der Waals surface area contributed by atoms with E-state index in [0.29, 0.717) is 25.3 Å². The second-order valence-electron chi connectivity index (χ2n) is 4.52. The molecule has 0 aliphatic carbocycles. The summed E-state index contributed by atoms with van der Waals surface area (Å²) in [6.07, 6.45) is 0.360. The highest BCUT2D eigenvalue weighted by Crippen LogP contribution is 2.17. The smallest absolute Gasteiger partial charge is 0.227 e. The number of hydrogen-bond donors (Lipinski definition) is 3. The van der Waals surface area contributed by atoms with Crippen molar-refractivity contribution in [3.8, 4) is 5.75 Å². The summed E-state index contributed by atoms with van der Waals surface area (Å²) in [5.41, 5.74) is 5.98. The maximum atomic E-state index is 12.3. The number of ether oxygens (including phenoxy) is 1. The minimum atomic E-state index is -0.153. The Kier molecular flexibility index (Phi) is 7.03. The van der Waals surface area contributed by atoms with Crippen molar-refractivity contribution in [2.24, 2.45) is 10.9 Å². The van der Waals surface area contributed by atoms with Crippen molar-refractivity contribution in [2.45, 2.75) is 12.8 Å². The number of nitrogens with two attached hydrogens (primary N) is 1. The number of aromatic hydroxyl groups is 1. The molecule has 7 nitrogen and oxygen atoms in total. The molecule has 0 atom stereocenters. The lowest BCUT2D eigenvalue weighted by Crippen LogP contribution is -2.37. The summed E-state index contributed by atoms with van der Waals surface area (Å²) in [7, 11) is 1.55. The number of para-hydroxylation sites is 1. The molecule has 0 saturated carbocycles. The zero-order valence-corrected chi connectivity index (χ0v) is 12.0. The van der Waals surface area contributed by atoms with Crippen LogP contribution in [0, 0.1) is 0 Å². The molecule has 1 aromatic carbocycles. The Balaban J connectivity index is 2.68. The van der Waals surface area contributed by atoms with Crippen molar-refractivity contribution in [3.63, 3.8) is 0 Å². The first-order chi connectivity index (χ1) is 10.1. The van der Waals surface area contributed by atoms with E-state index in [9.17, 15) is 9.90 Å². The summed E-state index contributed by atoms with van der Waals surface area (Å²) in [6, 6.07) is 6.70. The lowest BCUT2D eigenvalue weighted by Gasteiger charge is -2.22. The number of carbonyl (C=O) groups excluding carboxylic acids is 1. The van der Waals surface area contributed by atoms with Crippen LogP contribution in [-0.4, -0.2) is 53.8 Å². The molecular formula is C14H21N3O4. The largest absolute Gasteiger partial charge is 0.508 e. The van der Waals surface area contributed by atoms with E-state index in [1.165, 1.54) is 0 Å². The molecule has 1 rings (SSSR count). The fourth-order valence-electron chi connectivity index (χ4n) is 1.80. The van der Waals surface area contributed by atoms with Crippen LogP contribution in [0.3, 0.4) is 0 Å². The zero-order chi connectivity index (χ0) is 15.7. The van der Waals surface area contributed by atoms with Crippen molar-refractivity contribution < 1.29 is 19.8 Å². The second kappa shape index (κ2) is 8.80. The van der Waals surface area contributed by atoms with Crippen LogP contribution in [0.25, 0.3) is 0 Å². The first kappa shape index (κ1) is 16.8. The fourth-order valence-corrected chi connectivity index (χ4v) is 1.80. The summed E-state index contributed by atoms with van der Waals surface area (Å²) in [6.45, 7) is 1.12. The lowest BCUT2D eigenvalue weighted by molar-refractivity contribution is -0.131. The summed E-state index contributed by atoms with van der Waals surface area (Å²) in [4.78, 5) is 13.9. The molecule has 0 unspecified atom stereocenters. The van der Waals surface area contributed by atoms with E-state index in [0.717, 1.165) is 0 Å². The molecule has 116 valence electrons. The second-order valence-corrected chi connectivity index (χ2v) is 4.52. The molecule has 0 radical (unpaired) electrons. The van der Waals surface area contributed by atoms with Gasteiger partial charge in [0, 0.05) is 32.2 Å². The number of methoxy groups -OCH3 is 1. The van der Waals surface area contributed by atoms with Gasteiger partial charge in [0.2, 0.25) is 5.91 Å². The maximum absolute atomic E-state index is 12.3. The molecule has 0 fully saturated rings. The molecule has 0 aromatic heterocycles. The molecular weight excluding hydrogens is 274 g/mol. The van der Waals surface area contributed by atoms with Gasteiger partial charge in [0.05, 0.1) is 13.0 Å². The average Bonchev–Trinajstić information content (AvgIpc) is 2.49. The summed E-state index contributed by atoms with van der Waals surface area (Å²) in [5, 5.41) is 21.1. The average molecular weight is 295 g/mol. The molecule has 0 aliphatic heterocycles. The minimum absolute atomic E-state index is 0.0628. The molecule has 7 heteroatoms. The Labute approximate surface area is 123 Å². The first-order valence-corrected chi connectivity index (χ1v) is 6.58. The van der Waals surface area contributed by atoms with Crippen molar-refractivity contribution in [1.29, 1.82) is 0 Å². The van der Waals surface area contributed by atoms with Gasteiger partial charge in [-0.2, -0.15) is 0 Å². The monoisotopic (exact) mass is 295 g/mol. The van der Waals surface area contributed by atoms with Crippen LogP contribution in [0.5, 0.6) is 5.75 Å². The van der Waals surface area contributed by atoms with E-state index in [1.807, 2.05) is 0 Å². The Morgan fingerprint density at radius 1 is 1.38 bits per heavy atom. The number of benzene rings is 1. The predicted molar refractivity (Wildman–Crippen MR) is 78.3 cm³/mol. The highest BCUT2D eigenvalue weighted by atomic mass is 16.5. The Hall–Kier alpha value is -2.28. The minimum Gasteiger partial charge on any atom is -0.508 e. The number of amidine groups is 1. The third-order valence-electron chi connectivity index (χ3n) is 3.02. The SMILES string of the molecule is COCCN(CC/C(N)=N/O)C(=O)Cc1ccccc1O. The molecule has 0 spiro atoms. The Morgan fingerprint density at radius 2 is 2.10 bits per heavy atom. The topological polar surface area (TPSA) is 108 Å². The number of oxime groups is 1. The van der Waals surface area contributed by atoms with Crippen LogP contribution in [0.2, 0.25) is 0 Å². The number of hydrogen-bond acceptors (Lipinski definition) is 5. The van der Waals surface area contributed by atoms with Crippen molar-refractivity contribution in [3.05, 3.63) is 29.8 Å². The number of nitrogens with zero attached hydrogens (tertiary/aromatic N) is 2. The van der Waals surface area contributed by atoms with E-state index >= 15 is 0 Å². The highest BCUT2D eigenvalue weighted by Gasteiger charge is 2.15. The predicted octanol–water partition coefficient (Wildman–Crippen LogP) is 0.546. The van der Waals surface area contributed by atoms with Gasteiger partial charge < -0.3 is 25.7 Å². The number of amides is 1. The highest BCUT2D eigenvalue weighted by molar-refractivity contribution is 5.82. The van der Waals surface area contributed by atoms with E-state index in [1.54, 1.807) is 36.3 Å². The fraction of sp³-hybridized carbons (Fsp3) is 0.429. The number of phenols is 1. The van der Waals surface area contributed by atoms with Crippen LogP contribution >= 0.6 is 0 Å². The summed E-state index contributed by atoms with van der Waals surface area (Å²) in [5.74, 6) is 0.000964. The normalized spacial score (nSPS) is 11.4. The van der Waals surface area contributed by atoms with Crippen molar-refractivity contribution >= 4 is 11.7 Å². The van der Waals surface area contributed by atoms with Crippen molar-refractivity contribution in [2.75, 3.05) is 26.8 Å². The molecule has 1 amide bonds. The van der Waals surface area contributed by atoms with E-state index in [2.05, 4.69) is 5.16 Å². The Morgan fingerprint density at radius 3 is 2.71 bits per heavy atom. The molecule has 1 aromatic rings. The van der Waals surface area contributed by atoms with Crippen LogP contribution in [0.15, 0.2) is 29.4 Å². The van der Waals surface area contributed by atoms with Gasteiger partial charge in [0.1, 0.15) is 11.6 Å².